The molecule has 0 amide bonds. The Balaban J connectivity index is 2.56. The van der Waals surface area contributed by atoms with Gasteiger partial charge in [-0.05, 0) is 37.1 Å². The topological polar surface area (TPSA) is 35.2 Å². The van der Waals surface area contributed by atoms with Gasteiger partial charge in [0.2, 0.25) is 0 Å². The molecule has 0 saturated carbocycles. The molecule has 13 heavy (non-hydrogen) atoms. The molecule has 0 saturated heterocycles. The number of hydrogen-bond acceptors (Lipinski definition) is 2. The predicted molar refractivity (Wildman–Crippen MR) is 55.0 cm³/mol. The van der Waals surface area contributed by atoms with Crippen LogP contribution in [0.1, 0.15) is 18.9 Å². The molecule has 1 aromatic rings. The Labute approximate surface area is 79.7 Å². The van der Waals surface area contributed by atoms with Crippen molar-refractivity contribution >= 4 is 0 Å². The van der Waals surface area contributed by atoms with Gasteiger partial charge in [0.15, 0.2) is 0 Å². The summed E-state index contributed by atoms with van der Waals surface area (Å²) in [5.41, 5.74) is 6.72. The van der Waals surface area contributed by atoms with Gasteiger partial charge in [-0.25, -0.2) is 0 Å². The molecule has 1 aromatic carbocycles. The first-order valence-electron chi connectivity index (χ1n) is 4.78. The summed E-state index contributed by atoms with van der Waals surface area (Å²) in [7, 11) is 0. The third kappa shape index (κ3) is 3.47. The second-order valence-electron chi connectivity index (χ2n) is 3.03. The Kier molecular flexibility index (Phi) is 4.33. The van der Waals surface area contributed by atoms with E-state index in [1.807, 2.05) is 12.1 Å². The molecule has 0 aliphatic rings. The van der Waals surface area contributed by atoms with Gasteiger partial charge < -0.3 is 10.5 Å². The quantitative estimate of drug-likeness (QED) is 0.750. The Morgan fingerprint density at radius 2 is 2.23 bits per heavy atom. The lowest BCUT2D eigenvalue weighted by atomic mass is 10.1. The summed E-state index contributed by atoms with van der Waals surface area (Å²) in [6.45, 7) is 3.58. The molecule has 0 unspecified atom stereocenters. The zero-order valence-electron chi connectivity index (χ0n) is 8.12. The summed E-state index contributed by atoms with van der Waals surface area (Å²) in [6.07, 6.45) is 1.96. The van der Waals surface area contributed by atoms with Gasteiger partial charge in [0.25, 0.3) is 0 Å². The van der Waals surface area contributed by atoms with Gasteiger partial charge in [0.1, 0.15) is 5.75 Å². The zero-order valence-corrected chi connectivity index (χ0v) is 8.12. The van der Waals surface area contributed by atoms with Crippen LogP contribution in [0.15, 0.2) is 24.3 Å². The molecule has 1 rings (SSSR count). The van der Waals surface area contributed by atoms with Gasteiger partial charge in [0, 0.05) is 0 Å². The van der Waals surface area contributed by atoms with E-state index in [0.29, 0.717) is 6.54 Å². The highest BCUT2D eigenvalue weighted by atomic mass is 16.5. The van der Waals surface area contributed by atoms with Crippen molar-refractivity contribution in [3.05, 3.63) is 29.8 Å². The molecule has 2 N–H and O–H groups in total. The number of nitrogens with two attached hydrogens (primary N) is 1. The van der Waals surface area contributed by atoms with Gasteiger partial charge in [-0.3, -0.25) is 0 Å². The molecular formula is C11H17NO. The van der Waals surface area contributed by atoms with Crippen molar-refractivity contribution in [3.8, 4) is 5.75 Å². The number of rotatable bonds is 5. The maximum Gasteiger partial charge on any atom is 0.119 e. The minimum atomic E-state index is 0.692. The van der Waals surface area contributed by atoms with Gasteiger partial charge in [-0.1, -0.05) is 19.1 Å². The highest BCUT2D eigenvalue weighted by Crippen LogP contribution is 2.13. The fourth-order valence-electron chi connectivity index (χ4n) is 1.18. The van der Waals surface area contributed by atoms with Crippen molar-refractivity contribution in [3.63, 3.8) is 0 Å². The van der Waals surface area contributed by atoms with Crippen LogP contribution in [0.5, 0.6) is 5.75 Å². The molecular weight excluding hydrogens is 162 g/mol. The normalized spacial score (nSPS) is 10.0. The summed E-state index contributed by atoms with van der Waals surface area (Å²) in [5.74, 6) is 0.952. The molecule has 0 radical (unpaired) electrons. The van der Waals surface area contributed by atoms with Crippen molar-refractivity contribution in [1.82, 2.24) is 0 Å². The highest BCUT2D eigenvalue weighted by Gasteiger charge is 1.95. The van der Waals surface area contributed by atoms with Crippen LogP contribution in [0.4, 0.5) is 0 Å². The first-order chi connectivity index (χ1) is 6.36. The SMILES string of the molecule is CCCOc1cccc(CCN)c1. The lowest BCUT2D eigenvalue weighted by Crippen LogP contribution is -2.03. The van der Waals surface area contributed by atoms with Crippen molar-refractivity contribution in [1.29, 1.82) is 0 Å². The van der Waals surface area contributed by atoms with Crippen LogP contribution in [-0.2, 0) is 6.42 Å². The third-order valence-electron chi connectivity index (χ3n) is 1.80. The van der Waals surface area contributed by atoms with Crippen molar-refractivity contribution in [2.45, 2.75) is 19.8 Å². The van der Waals surface area contributed by atoms with Gasteiger partial charge >= 0.3 is 0 Å². The molecule has 0 aliphatic carbocycles. The van der Waals surface area contributed by atoms with E-state index in [1.54, 1.807) is 0 Å². The first kappa shape index (κ1) is 10.1. The maximum absolute atomic E-state index is 5.50. The molecule has 0 aromatic heterocycles. The summed E-state index contributed by atoms with van der Waals surface area (Å²) in [4.78, 5) is 0. The minimum absolute atomic E-state index is 0.692. The van der Waals surface area contributed by atoms with E-state index in [4.69, 9.17) is 10.5 Å². The molecule has 0 fully saturated rings. The lowest BCUT2D eigenvalue weighted by Gasteiger charge is -2.05. The van der Waals surface area contributed by atoms with Crippen LogP contribution in [-0.4, -0.2) is 13.2 Å². The highest BCUT2D eigenvalue weighted by molar-refractivity contribution is 5.28. The number of ether oxygens (including phenoxy) is 1. The summed E-state index contributed by atoms with van der Waals surface area (Å²) < 4.78 is 5.50. The van der Waals surface area contributed by atoms with Gasteiger partial charge in [0.05, 0.1) is 6.61 Å². The fraction of sp³-hybridized carbons (Fsp3) is 0.455. The first-order valence-corrected chi connectivity index (χ1v) is 4.78. The second-order valence-corrected chi connectivity index (χ2v) is 3.03. The van der Waals surface area contributed by atoms with E-state index in [9.17, 15) is 0 Å². The Morgan fingerprint density at radius 3 is 2.92 bits per heavy atom. The summed E-state index contributed by atoms with van der Waals surface area (Å²) >= 11 is 0. The van der Waals surface area contributed by atoms with E-state index < -0.39 is 0 Å². The molecule has 72 valence electrons. The van der Waals surface area contributed by atoms with Crippen LogP contribution in [0.25, 0.3) is 0 Å². The van der Waals surface area contributed by atoms with E-state index in [-0.39, 0.29) is 0 Å². The van der Waals surface area contributed by atoms with Gasteiger partial charge in [-0.15, -0.1) is 0 Å². The molecule has 0 aliphatic heterocycles. The number of benzene rings is 1. The standard InChI is InChI=1S/C11H17NO/c1-2-8-13-11-5-3-4-10(9-11)6-7-12/h3-5,9H,2,6-8,12H2,1H3. The fourth-order valence-corrected chi connectivity index (χ4v) is 1.18. The van der Waals surface area contributed by atoms with Crippen molar-refractivity contribution in [2.24, 2.45) is 5.73 Å². The third-order valence-corrected chi connectivity index (χ3v) is 1.80. The summed E-state index contributed by atoms with van der Waals surface area (Å²) in [5, 5.41) is 0. The summed E-state index contributed by atoms with van der Waals surface area (Å²) in [6, 6.07) is 8.12. The zero-order chi connectivity index (χ0) is 9.52. The molecule has 0 heterocycles. The molecule has 2 heteroatoms. The number of hydrogen-bond donors (Lipinski definition) is 1. The van der Waals surface area contributed by atoms with Crippen molar-refractivity contribution < 1.29 is 4.74 Å². The average molecular weight is 179 g/mol. The van der Waals surface area contributed by atoms with E-state index in [2.05, 4.69) is 19.1 Å². The van der Waals surface area contributed by atoms with E-state index >= 15 is 0 Å². The molecule has 0 spiro atoms. The monoisotopic (exact) mass is 179 g/mol. The second kappa shape index (κ2) is 5.60. The smallest absolute Gasteiger partial charge is 0.119 e. The maximum atomic E-state index is 5.50. The van der Waals surface area contributed by atoms with E-state index in [0.717, 1.165) is 25.2 Å². The Morgan fingerprint density at radius 1 is 1.38 bits per heavy atom. The minimum Gasteiger partial charge on any atom is -0.494 e. The largest absolute Gasteiger partial charge is 0.494 e. The molecule has 0 bridgehead atoms. The average Bonchev–Trinajstić information content (AvgIpc) is 2.16. The van der Waals surface area contributed by atoms with Crippen LogP contribution in [0, 0.1) is 0 Å². The Hall–Kier alpha value is -1.02. The molecule has 0 atom stereocenters. The molecule has 2 nitrogen and oxygen atoms in total. The van der Waals surface area contributed by atoms with Crippen LogP contribution < -0.4 is 10.5 Å². The Bertz CT molecular complexity index is 248. The van der Waals surface area contributed by atoms with E-state index in [1.165, 1.54) is 5.56 Å². The van der Waals surface area contributed by atoms with Crippen LogP contribution >= 0.6 is 0 Å². The predicted octanol–water partition coefficient (Wildman–Crippen LogP) is 1.98. The van der Waals surface area contributed by atoms with Crippen molar-refractivity contribution in [2.75, 3.05) is 13.2 Å². The van der Waals surface area contributed by atoms with Crippen LogP contribution in [0.3, 0.4) is 0 Å². The lowest BCUT2D eigenvalue weighted by molar-refractivity contribution is 0.317. The van der Waals surface area contributed by atoms with Crippen LogP contribution in [0.2, 0.25) is 0 Å². The van der Waals surface area contributed by atoms with Gasteiger partial charge in [-0.2, -0.15) is 0 Å².